The van der Waals surface area contributed by atoms with Crippen LogP contribution in [0.15, 0.2) is 30.3 Å². The van der Waals surface area contributed by atoms with E-state index in [0.29, 0.717) is 0 Å². The Balaban J connectivity index is 2.03. The van der Waals surface area contributed by atoms with Gasteiger partial charge >= 0.3 is 0 Å². The van der Waals surface area contributed by atoms with Gasteiger partial charge in [-0.2, -0.15) is 9.78 Å². The lowest BCUT2D eigenvalue weighted by Crippen LogP contribution is -2.40. The molecule has 1 aliphatic heterocycles. The van der Waals surface area contributed by atoms with Crippen molar-refractivity contribution in [2.75, 3.05) is 6.61 Å². The van der Waals surface area contributed by atoms with Crippen LogP contribution >= 0.6 is 0 Å². The van der Waals surface area contributed by atoms with Crippen LogP contribution in [0.1, 0.15) is 18.8 Å². The van der Waals surface area contributed by atoms with Crippen LogP contribution in [-0.2, 0) is 14.5 Å². The molecule has 0 amide bonds. The van der Waals surface area contributed by atoms with E-state index < -0.39 is 12.1 Å². The second-order valence-electron chi connectivity index (χ2n) is 3.41. The van der Waals surface area contributed by atoms with Crippen molar-refractivity contribution in [1.82, 2.24) is 0 Å². The van der Waals surface area contributed by atoms with Crippen LogP contribution in [-0.4, -0.2) is 17.5 Å². The third-order valence-corrected chi connectivity index (χ3v) is 1.89. The predicted molar refractivity (Wildman–Crippen MR) is 47.9 cm³/mol. The third-order valence-electron chi connectivity index (χ3n) is 1.89. The second-order valence-corrected chi connectivity index (χ2v) is 3.41. The number of rotatable bonds is 1. The van der Waals surface area contributed by atoms with Crippen molar-refractivity contribution >= 4 is 0 Å². The zero-order valence-electron chi connectivity index (χ0n) is 7.84. The molecule has 14 heavy (non-hydrogen) atoms. The summed E-state index contributed by atoms with van der Waals surface area (Å²) in [5.41, 5.74) is 0.864. The Bertz CT molecular complexity index is 286. The van der Waals surface area contributed by atoms with Crippen molar-refractivity contribution in [3.8, 4) is 0 Å². The fourth-order valence-corrected chi connectivity index (χ4v) is 1.19. The van der Waals surface area contributed by atoms with Crippen LogP contribution in [0.4, 0.5) is 0 Å². The van der Waals surface area contributed by atoms with E-state index in [1.807, 2.05) is 30.3 Å². The van der Waals surface area contributed by atoms with Crippen molar-refractivity contribution < 1.29 is 19.6 Å². The maximum absolute atomic E-state index is 9.37. The molecule has 1 aromatic rings. The fraction of sp³-hybridized carbons (Fsp3) is 0.400. The Hall–Kier alpha value is -0.940. The Labute approximate surface area is 81.9 Å². The van der Waals surface area contributed by atoms with Gasteiger partial charge < -0.3 is 9.84 Å². The summed E-state index contributed by atoms with van der Waals surface area (Å²) in [4.78, 5) is 9.67. The maximum Gasteiger partial charge on any atom is 0.220 e. The summed E-state index contributed by atoms with van der Waals surface area (Å²) in [6.45, 7) is 1.57. The van der Waals surface area contributed by atoms with Crippen LogP contribution in [0.5, 0.6) is 0 Å². The van der Waals surface area contributed by atoms with Gasteiger partial charge in [-0.15, -0.1) is 0 Å². The molecule has 0 aliphatic carbocycles. The summed E-state index contributed by atoms with van der Waals surface area (Å²) < 4.78 is 5.28. The van der Waals surface area contributed by atoms with Gasteiger partial charge in [0.2, 0.25) is 12.1 Å². The van der Waals surface area contributed by atoms with Gasteiger partial charge in [0.1, 0.15) is 6.61 Å². The van der Waals surface area contributed by atoms with Gasteiger partial charge in [-0.05, 0) is 6.92 Å². The molecule has 2 rings (SSSR count). The average molecular weight is 196 g/mol. The van der Waals surface area contributed by atoms with Gasteiger partial charge in [-0.1, -0.05) is 30.3 Å². The average Bonchev–Trinajstić information content (AvgIpc) is 2.19. The van der Waals surface area contributed by atoms with Crippen LogP contribution in [0, 0.1) is 0 Å². The van der Waals surface area contributed by atoms with Crippen LogP contribution in [0.3, 0.4) is 0 Å². The third kappa shape index (κ3) is 2.10. The Morgan fingerprint density at radius 3 is 2.64 bits per heavy atom. The summed E-state index contributed by atoms with van der Waals surface area (Å²) in [5.74, 6) is -1.36. The minimum absolute atomic E-state index is 0.0898. The lowest BCUT2D eigenvalue weighted by Gasteiger charge is -2.31. The molecule has 0 radical (unpaired) electrons. The summed E-state index contributed by atoms with van der Waals surface area (Å²) in [7, 11) is 0. The molecule has 1 fully saturated rings. The number of hydrogen-bond donors (Lipinski definition) is 1. The Morgan fingerprint density at radius 2 is 2.07 bits per heavy atom. The Kier molecular flexibility index (Phi) is 2.52. The molecule has 4 nitrogen and oxygen atoms in total. The highest BCUT2D eigenvalue weighted by Gasteiger charge is 2.32. The smallest absolute Gasteiger partial charge is 0.220 e. The van der Waals surface area contributed by atoms with E-state index in [9.17, 15) is 5.11 Å². The number of ether oxygens (including phenoxy) is 1. The van der Waals surface area contributed by atoms with Crippen molar-refractivity contribution in [3.63, 3.8) is 0 Å². The summed E-state index contributed by atoms with van der Waals surface area (Å²) >= 11 is 0. The zero-order valence-corrected chi connectivity index (χ0v) is 7.84. The standard InChI is InChI=1S/C10H12O4/c1-10(11)7-12-9(13-14-10)8-5-3-2-4-6-8/h2-6,9,11H,7H2,1H3. The maximum atomic E-state index is 9.37. The molecule has 0 saturated carbocycles. The first-order chi connectivity index (χ1) is 6.67. The molecule has 1 aromatic carbocycles. The largest absolute Gasteiger partial charge is 0.362 e. The number of hydrogen-bond acceptors (Lipinski definition) is 4. The first-order valence-corrected chi connectivity index (χ1v) is 4.41. The molecule has 0 spiro atoms. The van der Waals surface area contributed by atoms with E-state index >= 15 is 0 Å². The molecule has 1 aliphatic rings. The quantitative estimate of drug-likeness (QED) is 0.689. The van der Waals surface area contributed by atoms with Gasteiger partial charge in [-0.25, -0.2) is 0 Å². The van der Waals surface area contributed by atoms with Crippen molar-refractivity contribution in [3.05, 3.63) is 35.9 Å². The predicted octanol–water partition coefficient (Wildman–Crippen LogP) is 1.37. The summed E-state index contributed by atoms with van der Waals surface area (Å²) in [5, 5.41) is 9.37. The highest BCUT2D eigenvalue weighted by molar-refractivity contribution is 5.15. The molecular weight excluding hydrogens is 184 g/mol. The first-order valence-electron chi connectivity index (χ1n) is 4.41. The fourth-order valence-electron chi connectivity index (χ4n) is 1.19. The normalized spacial score (nSPS) is 32.9. The molecule has 2 atom stereocenters. The number of aliphatic hydroxyl groups is 1. The van der Waals surface area contributed by atoms with E-state index in [1.54, 1.807) is 0 Å². The zero-order chi connectivity index (χ0) is 10.0. The molecule has 76 valence electrons. The SMILES string of the molecule is CC1(O)COC(c2ccccc2)OO1. The number of benzene rings is 1. The summed E-state index contributed by atoms with van der Waals surface area (Å²) in [6.07, 6.45) is -0.559. The van der Waals surface area contributed by atoms with Crippen LogP contribution < -0.4 is 0 Å². The lowest BCUT2D eigenvalue weighted by molar-refractivity contribution is -0.512. The van der Waals surface area contributed by atoms with Gasteiger partial charge in [-0.3, -0.25) is 0 Å². The molecule has 0 aromatic heterocycles. The minimum atomic E-state index is -1.36. The highest BCUT2D eigenvalue weighted by Crippen LogP contribution is 2.27. The summed E-state index contributed by atoms with van der Waals surface area (Å²) in [6, 6.07) is 9.41. The molecule has 2 unspecified atom stereocenters. The van der Waals surface area contributed by atoms with E-state index in [-0.39, 0.29) is 6.61 Å². The first kappa shape index (κ1) is 9.61. The topological polar surface area (TPSA) is 47.9 Å². The van der Waals surface area contributed by atoms with E-state index in [2.05, 4.69) is 0 Å². The molecule has 1 saturated heterocycles. The van der Waals surface area contributed by atoms with Crippen molar-refractivity contribution in [2.24, 2.45) is 0 Å². The van der Waals surface area contributed by atoms with Crippen molar-refractivity contribution in [1.29, 1.82) is 0 Å². The van der Waals surface area contributed by atoms with Gasteiger partial charge in [0.05, 0.1) is 0 Å². The van der Waals surface area contributed by atoms with Crippen molar-refractivity contribution in [2.45, 2.75) is 19.0 Å². The molecule has 1 N–H and O–H groups in total. The Morgan fingerprint density at radius 1 is 1.36 bits per heavy atom. The van der Waals surface area contributed by atoms with Gasteiger partial charge in [0.15, 0.2) is 0 Å². The second kappa shape index (κ2) is 3.67. The lowest BCUT2D eigenvalue weighted by atomic mass is 10.2. The molecule has 4 heteroatoms. The van der Waals surface area contributed by atoms with Crippen LogP contribution in [0.25, 0.3) is 0 Å². The van der Waals surface area contributed by atoms with E-state index in [0.717, 1.165) is 5.56 Å². The van der Waals surface area contributed by atoms with Gasteiger partial charge in [0.25, 0.3) is 0 Å². The monoisotopic (exact) mass is 196 g/mol. The van der Waals surface area contributed by atoms with Crippen LogP contribution in [0.2, 0.25) is 0 Å². The highest BCUT2D eigenvalue weighted by atomic mass is 17.3. The van der Waals surface area contributed by atoms with Gasteiger partial charge in [0, 0.05) is 5.56 Å². The molecular formula is C10H12O4. The molecule has 1 heterocycles. The van der Waals surface area contributed by atoms with E-state index in [4.69, 9.17) is 14.5 Å². The van der Waals surface area contributed by atoms with E-state index in [1.165, 1.54) is 6.92 Å². The molecule has 0 bridgehead atoms. The minimum Gasteiger partial charge on any atom is -0.362 e.